The van der Waals surface area contributed by atoms with E-state index in [1.165, 1.54) is 43.4 Å². The molecule has 0 saturated heterocycles. The van der Waals surface area contributed by atoms with Crippen molar-refractivity contribution in [2.75, 3.05) is 6.61 Å². The second-order valence-corrected chi connectivity index (χ2v) is 7.65. The van der Waals surface area contributed by atoms with Gasteiger partial charge in [-0.1, -0.05) is 44.0 Å². The monoisotopic (exact) mass is 372 g/mol. The van der Waals surface area contributed by atoms with Crippen molar-refractivity contribution in [2.45, 2.75) is 64.9 Å². The van der Waals surface area contributed by atoms with Crippen LogP contribution in [0.15, 0.2) is 36.4 Å². The predicted octanol–water partition coefficient (Wildman–Crippen LogP) is 7.24. The minimum Gasteiger partial charge on any atom is -0.377 e. The highest BCUT2D eigenvalue weighted by Crippen LogP contribution is 2.41. The number of ether oxygens (including phenoxy) is 1. The molecule has 0 atom stereocenters. The van der Waals surface area contributed by atoms with Crippen molar-refractivity contribution in [2.24, 2.45) is 5.92 Å². The van der Waals surface area contributed by atoms with Crippen molar-refractivity contribution in [3.63, 3.8) is 0 Å². The van der Waals surface area contributed by atoms with Crippen LogP contribution in [-0.2, 0) is 11.3 Å². The zero-order valence-corrected chi connectivity index (χ0v) is 16.4. The third kappa shape index (κ3) is 4.76. The lowest BCUT2D eigenvalue weighted by molar-refractivity contribution is 0.128. The van der Waals surface area contributed by atoms with Crippen molar-refractivity contribution < 1.29 is 13.5 Å². The van der Waals surface area contributed by atoms with E-state index in [-0.39, 0.29) is 12.2 Å². The third-order valence-electron chi connectivity index (χ3n) is 5.85. The minimum atomic E-state index is -0.528. The van der Waals surface area contributed by atoms with Gasteiger partial charge in [0.05, 0.1) is 6.61 Å². The van der Waals surface area contributed by atoms with Gasteiger partial charge in [-0.25, -0.2) is 8.78 Å². The Morgan fingerprint density at radius 1 is 0.963 bits per heavy atom. The summed E-state index contributed by atoms with van der Waals surface area (Å²) in [5, 5.41) is 0. The molecule has 0 aromatic heterocycles. The van der Waals surface area contributed by atoms with E-state index in [9.17, 15) is 8.78 Å². The first-order valence-electron chi connectivity index (χ1n) is 10.3. The largest absolute Gasteiger partial charge is 0.377 e. The molecule has 0 unspecified atom stereocenters. The van der Waals surface area contributed by atoms with Crippen LogP contribution in [0, 0.1) is 17.6 Å². The number of rotatable bonds is 7. The summed E-state index contributed by atoms with van der Waals surface area (Å²) in [6.45, 7) is 4.47. The lowest BCUT2D eigenvalue weighted by Gasteiger charge is -2.30. The van der Waals surface area contributed by atoms with Crippen LogP contribution < -0.4 is 0 Å². The Labute approximate surface area is 161 Å². The van der Waals surface area contributed by atoms with E-state index in [1.54, 1.807) is 0 Å². The van der Waals surface area contributed by atoms with E-state index in [0.717, 1.165) is 24.3 Å². The number of halogens is 2. The minimum absolute atomic E-state index is 0.0122. The van der Waals surface area contributed by atoms with Crippen LogP contribution >= 0.6 is 0 Å². The molecular weight excluding hydrogens is 342 g/mol. The molecule has 1 aliphatic carbocycles. The maximum atomic E-state index is 14.5. The summed E-state index contributed by atoms with van der Waals surface area (Å²) in [7, 11) is 0. The molecule has 146 valence electrons. The fourth-order valence-electron chi connectivity index (χ4n) is 4.39. The van der Waals surface area contributed by atoms with Gasteiger partial charge < -0.3 is 4.74 Å². The fraction of sp³-hybridized carbons (Fsp3) is 0.500. The highest BCUT2D eigenvalue weighted by molar-refractivity contribution is 5.68. The van der Waals surface area contributed by atoms with Crippen LogP contribution in [0.5, 0.6) is 0 Å². The standard InChI is InChI=1S/C24H30F2O/c1-3-7-17-10-12-18(13-11-17)20-8-5-6-9-21(20)19-14-23(25)22(16-27-4-2)24(26)15-19/h5-6,8-9,14-15,17-18H,3-4,7,10-13,16H2,1-2H3. The van der Waals surface area contributed by atoms with Crippen LogP contribution in [0.4, 0.5) is 8.78 Å². The molecule has 27 heavy (non-hydrogen) atoms. The Morgan fingerprint density at radius 2 is 1.63 bits per heavy atom. The number of benzene rings is 2. The average molecular weight is 372 g/mol. The van der Waals surface area contributed by atoms with Gasteiger partial charge in [0.15, 0.2) is 0 Å². The first-order chi connectivity index (χ1) is 13.1. The van der Waals surface area contributed by atoms with Gasteiger partial charge >= 0.3 is 0 Å². The Hall–Kier alpha value is -1.74. The van der Waals surface area contributed by atoms with E-state index in [1.807, 2.05) is 25.1 Å². The topological polar surface area (TPSA) is 9.23 Å². The van der Waals surface area contributed by atoms with Crippen molar-refractivity contribution in [1.82, 2.24) is 0 Å². The highest BCUT2D eigenvalue weighted by atomic mass is 19.1. The molecule has 1 aliphatic rings. The molecule has 1 fully saturated rings. The molecule has 3 heteroatoms. The maximum absolute atomic E-state index is 14.5. The van der Waals surface area contributed by atoms with Crippen LogP contribution in [0.25, 0.3) is 11.1 Å². The van der Waals surface area contributed by atoms with E-state index < -0.39 is 11.6 Å². The first-order valence-corrected chi connectivity index (χ1v) is 10.3. The SMILES string of the molecule is CCCC1CCC(c2ccccc2-c2cc(F)c(COCC)c(F)c2)CC1. The van der Waals surface area contributed by atoms with Crippen molar-refractivity contribution >= 4 is 0 Å². The lowest BCUT2D eigenvalue weighted by Crippen LogP contribution is -2.14. The van der Waals surface area contributed by atoms with Gasteiger partial charge in [-0.05, 0) is 73.3 Å². The zero-order valence-electron chi connectivity index (χ0n) is 16.4. The summed E-state index contributed by atoms with van der Waals surface area (Å²) in [5.74, 6) is 0.259. The third-order valence-corrected chi connectivity index (χ3v) is 5.85. The molecule has 1 saturated carbocycles. The van der Waals surface area contributed by atoms with Gasteiger partial charge in [0, 0.05) is 12.2 Å². The Kier molecular flexibility index (Phi) is 7.01. The molecule has 0 heterocycles. The summed E-state index contributed by atoms with van der Waals surface area (Å²) >= 11 is 0. The molecular formula is C24H30F2O. The second-order valence-electron chi connectivity index (χ2n) is 7.65. The molecule has 0 amide bonds. The van der Waals surface area contributed by atoms with E-state index in [0.29, 0.717) is 18.1 Å². The second kappa shape index (κ2) is 9.45. The molecule has 0 bridgehead atoms. The summed E-state index contributed by atoms with van der Waals surface area (Å²) in [6.07, 6.45) is 7.39. The number of hydrogen-bond donors (Lipinski definition) is 0. The van der Waals surface area contributed by atoms with E-state index in [2.05, 4.69) is 13.0 Å². The quantitative estimate of drug-likeness (QED) is 0.497. The maximum Gasteiger partial charge on any atom is 0.132 e. The van der Waals surface area contributed by atoms with Crippen LogP contribution in [0.3, 0.4) is 0 Å². The van der Waals surface area contributed by atoms with Gasteiger partial charge in [-0.2, -0.15) is 0 Å². The van der Waals surface area contributed by atoms with Gasteiger partial charge in [-0.15, -0.1) is 0 Å². The summed E-state index contributed by atoms with van der Waals surface area (Å²) in [6, 6.07) is 11.0. The molecule has 3 rings (SSSR count). The first kappa shape index (κ1) is 20.0. The highest BCUT2D eigenvalue weighted by Gasteiger charge is 2.24. The van der Waals surface area contributed by atoms with Crippen LogP contribution in [0.1, 0.15) is 69.4 Å². The van der Waals surface area contributed by atoms with E-state index >= 15 is 0 Å². The van der Waals surface area contributed by atoms with Crippen molar-refractivity contribution in [3.05, 3.63) is 59.2 Å². The molecule has 0 N–H and O–H groups in total. The normalized spacial score (nSPS) is 20.0. The van der Waals surface area contributed by atoms with Crippen molar-refractivity contribution in [1.29, 1.82) is 0 Å². The lowest BCUT2D eigenvalue weighted by atomic mass is 9.75. The molecule has 2 aromatic carbocycles. The van der Waals surface area contributed by atoms with Gasteiger partial charge in [-0.3, -0.25) is 0 Å². The van der Waals surface area contributed by atoms with Gasteiger partial charge in [0.1, 0.15) is 11.6 Å². The summed E-state index contributed by atoms with van der Waals surface area (Å²) < 4.78 is 34.2. The number of hydrogen-bond acceptors (Lipinski definition) is 1. The predicted molar refractivity (Wildman–Crippen MR) is 107 cm³/mol. The van der Waals surface area contributed by atoms with Crippen LogP contribution in [-0.4, -0.2) is 6.61 Å². The van der Waals surface area contributed by atoms with Gasteiger partial charge in [0.25, 0.3) is 0 Å². The molecule has 0 spiro atoms. The van der Waals surface area contributed by atoms with Crippen molar-refractivity contribution in [3.8, 4) is 11.1 Å². The molecule has 0 radical (unpaired) electrons. The summed E-state index contributed by atoms with van der Waals surface area (Å²) in [5.41, 5.74) is 2.82. The van der Waals surface area contributed by atoms with Crippen LogP contribution in [0.2, 0.25) is 0 Å². The molecule has 1 nitrogen and oxygen atoms in total. The smallest absolute Gasteiger partial charge is 0.132 e. The molecule has 0 aliphatic heterocycles. The average Bonchev–Trinajstić information content (AvgIpc) is 2.68. The van der Waals surface area contributed by atoms with Gasteiger partial charge in [0.2, 0.25) is 0 Å². The Morgan fingerprint density at radius 3 is 2.26 bits per heavy atom. The zero-order chi connectivity index (χ0) is 19.2. The van der Waals surface area contributed by atoms with E-state index in [4.69, 9.17) is 4.74 Å². The summed E-state index contributed by atoms with van der Waals surface area (Å²) in [4.78, 5) is 0. The fourth-order valence-corrected chi connectivity index (χ4v) is 4.39. The Balaban J connectivity index is 1.86. The molecule has 2 aromatic rings. The Bertz CT molecular complexity index is 725.